The molecule has 7 nitrogen and oxygen atoms in total. The molecule has 9 heteroatoms. The fourth-order valence-electron chi connectivity index (χ4n) is 4.56. The normalized spacial score (nSPS) is 13.4. The lowest BCUT2D eigenvalue weighted by molar-refractivity contribution is -0.130. The molecule has 5 rings (SSSR count). The third kappa shape index (κ3) is 5.21. The molecule has 3 aromatic carbocycles. The maximum absolute atomic E-state index is 13.1. The van der Waals surface area contributed by atoms with Gasteiger partial charge in [0.25, 0.3) is 11.8 Å². The van der Waals surface area contributed by atoms with Gasteiger partial charge in [-0.15, -0.1) is 0 Å². The van der Waals surface area contributed by atoms with Crippen LogP contribution in [0.2, 0.25) is 10.0 Å². The highest BCUT2D eigenvalue weighted by Crippen LogP contribution is 2.34. The van der Waals surface area contributed by atoms with E-state index in [-0.39, 0.29) is 22.4 Å². The van der Waals surface area contributed by atoms with Crippen LogP contribution in [0.25, 0.3) is 22.0 Å². The number of carbonyl (C=O) groups is 3. The molecule has 0 spiro atoms. The molecule has 2 heterocycles. The predicted octanol–water partition coefficient (Wildman–Crippen LogP) is 5.77. The highest BCUT2D eigenvalue weighted by Gasteiger charge is 2.24. The molecule has 1 N–H and O–H groups in total. The van der Waals surface area contributed by atoms with Gasteiger partial charge >= 0.3 is 0 Å². The van der Waals surface area contributed by atoms with Crippen molar-refractivity contribution in [3.63, 3.8) is 0 Å². The Kier molecular flexibility index (Phi) is 7.31. The number of carbonyl (C=O) groups excluding carboxylic acids is 3. The number of halogens is 2. The van der Waals surface area contributed by atoms with E-state index in [4.69, 9.17) is 23.2 Å². The van der Waals surface area contributed by atoms with Crippen LogP contribution in [0.4, 0.5) is 5.69 Å². The van der Waals surface area contributed by atoms with Crippen molar-refractivity contribution >= 4 is 57.4 Å². The number of amides is 3. The zero-order valence-corrected chi connectivity index (χ0v) is 22.1. The summed E-state index contributed by atoms with van der Waals surface area (Å²) in [6.45, 7) is 3.40. The molecule has 0 atom stereocenters. The Morgan fingerprint density at radius 1 is 0.842 bits per heavy atom. The van der Waals surface area contributed by atoms with Crippen LogP contribution in [0.3, 0.4) is 0 Å². The highest BCUT2D eigenvalue weighted by molar-refractivity contribution is 6.35. The molecular formula is C29H24Cl2N4O3. The van der Waals surface area contributed by atoms with Crippen molar-refractivity contribution < 1.29 is 14.4 Å². The molecule has 38 heavy (non-hydrogen) atoms. The fraction of sp³-hybridized carbons (Fsp3) is 0.172. The molecule has 192 valence electrons. The second-order valence-electron chi connectivity index (χ2n) is 9.02. The van der Waals surface area contributed by atoms with E-state index in [1.165, 1.54) is 13.0 Å². The van der Waals surface area contributed by atoms with Crippen molar-refractivity contribution in [2.24, 2.45) is 0 Å². The van der Waals surface area contributed by atoms with Crippen molar-refractivity contribution in [3.05, 3.63) is 94.1 Å². The van der Waals surface area contributed by atoms with Crippen molar-refractivity contribution in [1.29, 1.82) is 0 Å². The van der Waals surface area contributed by atoms with Gasteiger partial charge in [-0.05, 0) is 47.9 Å². The second-order valence-corrected chi connectivity index (χ2v) is 9.84. The van der Waals surface area contributed by atoms with Crippen LogP contribution >= 0.6 is 23.2 Å². The number of fused-ring (bicyclic) bond motifs is 1. The van der Waals surface area contributed by atoms with Crippen LogP contribution in [0.5, 0.6) is 0 Å². The van der Waals surface area contributed by atoms with Gasteiger partial charge in [-0.1, -0.05) is 47.5 Å². The topological polar surface area (TPSA) is 82.6 Å². The molecule has 0 radical (unpaired) electrons. The third-order valence-corrected chi connectivity index (χ3v) is 7.27. The number of anilines is 1. The minimum absolute atomic E-state index is 0.00306. The van der Waals surface area contributed by atoms with Gasteiger partial charge in [-0.2, -0.15) is 0 Å². The number of piperazine rings is 1. The summed E-state index contributed by atoms with van der Waals surface area (Å²) in [6.07, 6.45) is 1.73. The third-order valence-electron chi connectivity index (χ3n) is 6.63. The van der Waals surface area contributed by atoms with Gasteiger partial charge in [-0.25, -0.2) is 0 Å². The molecule has 1 aliphatic heterocycles. The standard InChI is InChI=1S/C29H24Cl2N4O3/c1-18(36)34-12-14-35(15-13-34)29(38)20-6-8-23(26(31)16-20)28(37)33-21-7-9-25(30)24(17-21)27-22-5-3-2-4-19(22)10-11-32-27/h2-11,16-17H,12-15H2,1H3,(H,33,37). The quantitative estimate of drug-likeness (QED) is 0.352. The van der Waals surface area contributed by atoms with Crippen LogP contribution in [0.15, 0.2) is 72.9 Å². The summed E-state index contributed by atoms with van der Waals surface area (Å²) in [5.41, 5.74) is 2.57. The molecule has 0 aliphatic carbocycles. The van der Waals surface area contributed by atoms with Crippen LogP contribution in [0.1, 0.15) is 27.6 Å². The summed E-state index contributed by atoms with van der Waals surface area (Å²) in [5.74, 6) is -0.605. The Bertz CT molecular complexity index is 1560. The SMILES string of the molecule is CC(=O)N1CCN(C(=O)c2ccc(C(=O)Nc3ccc(Cl)c(-c4nccc5ccccc45)c3)c(Cl)c2)CC1. The molecule has 0 unspecified atom stereocenters. The number of nitrogens with zero attached hydrogens (tertiary/aromatic N) is 3. The van der Waals surface area contributed by atoms with Gasteiger partial charge in [0, 0.05) is 61.5 Å². The zero-order chi connectivity index (χ0) is 26.8. The number of nitrogens with one attached hydrogen (secondary N) is 1. The van der Waals surface area contributed by atoms with E-state index in [1.54, 1.807) is 46.3 Å². The lowest BCUT2D eigenvalue weighted by Crippen LogP contribution is -2.50. The van der Waals surface area contributed by atoms with Crippen molar-refractivity contribution in [3.8, 4) is 11.3 Å². The van der Waals surface area contributed by atoms with Gasteiger partial charge in [0.2, 0.25) is 5.91 Å². The van der Waals surface area contributed by atoms with E-state index >= 15 is 0 Å². The number of benzene rings is 3. The molecule has 3 amide bonds. The van der Waals surface area contributed by atoms with E-state index in [1.807, 2.05) is 30.3 Å². The van der Waals surface area contributed by atoms with E-state index < -0.39 is 5.91 Å². The fourth-order valence-corrected chi connectivity index (χ4v) is 5.03. The van der Waals surface area contributed by atoms with Crippen LogP contribution in [0, 0.1) is 0 Å². The summed E-state index contributed by atoms with van der Waals surface area (Å²) in [7, 11) is 0. The molecule has 1 aliphatic rings. The Morgan fingerprint density at radius 2 is 1.58 bits per heavy atom. The number of aromatic nitrogens is 1. The summed E-state index contributed by atoms with van der Waals surface area (Å²) < 4.78 is 0. The Labute approximate surface area is 230 Å². The Balaban J connectivity index is 1.33. The maximum Gasteiger partial charge on any atom is 0.257 e. The minimum atomic E-state index is -0.414. The van der Waals surface area contributed by atoms with Crippen LogP contribution in [-0.4, -0.2) is 58.7 Å². The molecule has 1 aromatic heterocycles. The van der Waals surface area contributed by atoms with Crippen LogP contribution in [-0.2, 0) is 4.79 Å². The van der Waals surface area contributed by atoms with E-state index in [0.717, 1.165) is 10.8 Å². The number of pyridine rings is 1. The number of hydrogen-bond donors (Lipinski definition) is 1. The van der Waals surface area contributed by atoms with Gasteiger partial charge in [-0.3, -0.25) is 19.4 Å². The van der Waals surface area contributed by atoms with Gasteiger partial charge < -0.3 is 15.1 Å². The molecular weight excluding hydrogens is 523 g/mol. The summed E-state index contributed by atoms with van der Waals surface area (Å²) in [4.78, 5) is 45.5. The minimum Gasteiger partial charge on any atom is -0.339 e. The lowest BCUT2D eigenvalue weighted by atomic mass is 10.0. The van der Waals surface area contributed by atoms with E-state index in [9.17, 15) is 14.4 Å². The first-order valence-electron chi connectivity index (χ1n) is 12.1. The lowest BCUT2D eigenvalue weighted by Gasteiger charge is -2.34. The van der Waals surface area contributed by atoms with Crippen molar-refractivity contribution in [2.45, 2.75) is 6.92 Å². The van der Waals surface area contributed by atoms with Gasteiger partial charge in [0.1, 0.15) is 0 Å². The zero-order valence-electron chi connectivity index (χ0n) is 20.6. The molecule has 4 aromatic rings. The van der Waals surface area contributed by atoms with Gasteiger partial charge in [0.05, 0.1) is 21.3 Å². The van der Waals surface area contributed by atoms with E-state index in [0.29, 0.717) is 53.7 Å². The average molecular weight is 547 g/mol. The molecule has 0 bridgehead atoms. The van der Waals surface area contributed by atoms with Crippen molar-refractivity contribution in [2.75, 3.05) is 31.5 Å². The largest absolute Gasteiger partial charge is 0.339 e. The maximum atomic E-state index is 13.1. The molecule has 1 fully saturated rings. The number of hydrogen-bond acceptors (Lipinski definition) is 4. The smallest absolute Gasteiger partial charge is 0.257 e. The highest BCUT2D eigenvalue weighted by atomic mass is 35.5. The average Bonchev–Trinajstić information content (AvgIpc) is 2.93. The molecule has 0 saturated carbocycles. The van der Waals surface area contributed by atoms with E-state index in [2.05, 4.69) is 10.3 Å². The van der Waals surface area contributed by atoms with Gasteiger partial charge in [0.15, 0.2) is 0 Å². The monoisotopic (exact) mass is 546 g/mol. The Hall–Kier alpha value is -3.94. The second kappa shape index (κ2) is 10.8. The Morgan fingerprint density at radius 3 is 2.32 bits per heavy atom. The first-order valence-corrected chi connectivity index (χ1v) is 12.9. The van der Waals surface area contributed by atoms with Crippen LogP contribution < -0.4 is 5.32 Å². The summed E-state index contributed by atoms with van der Waals surface area (Å²) in [5, 5.41) is 5.53. The summed E-state index contributed by atoms with van der Waals surface area (Å²) in [6, 6.07) is 19.6. The first-order chi connectivity index (χ1) is 18.3. The number of rotatable bonds is 4. The van der Waals surface area contributed by atoms with Crippen molar-refractivity contribution in [1.82, 2.24) is 14.8 Å². The summed E-state index contributed by atoms with van der Waals surface area (Å²) >= 11 is 13.0. The molecule has 1 saturated heterocycles. The predicted molar refractivity (Wildman–Crippen MR) is 150 cm³/mol. The first kappa shape index (κ1) is 25.7.